The molecule has 40 heavy (non-hydrogen) atoms. The highest BCUT2D eigenvalue weighted by Gasteiger charge is 2.77. The van der Waals surface area contributed by atoms with Crippen LogP contribution >= 0.6 is 11.8 Å². The molecule has 2 aromatic carbocycles. The third-order valence-electron chi connectivity index (χ3n) is 8.95. The lowest BCUT2D eigenvalue weighted by Gasteiger charge is -2.40. The normalized spacial score (nSPS) is 29.3. The molecule has 3 saturated heterocycles. The van der Waals surface area contributed by atoms with Crippen molar-refractivity contribution in [3.63, 3.8) is 0 Å². The van der Waals surface area contributed by atoms with Crippen LogP contribution in [0.4, 0.5) is 11.4 Å². The van der Waals surface area contributed by atoms with Crippen LogP contribution in [0.1, 0.15) is 45.7 Å². The first kappa shape index (κ1) is 28.5. The van der Waals surface area contributed by atoms with Crippen LogP contribution in [0.15, 0.2) is 54.6 Å². The average molecular weight is 566 g/mol. The van der Waals surface area contributed by atoms with Gasteiger partial charge in [-0.2, -0.15) is 0 Å². The molecule has 3 unspecified atom stereocenters. The summed E-state index contributed by atoms with van der Waals surface area (Å²) in [5.41, 5.74) is 2.45. The molecular weight excluding hydrogens is 526 g/mol. The molecule has 0 aromatic heterocycles. The van der Waals surface area contributed by atoms with Gasteiger partial charge in [0.2, 0.25) is 11.8 Å². The van der Waals surface area contributed by atoms with E-state index in [1.165, 1.54) is 0 Å². The molecule has 2 N–H and O–H groups in total. The summed E-state index contributed by atoms with van der Waals surface area (Å²) in [4.78, 5) is 45.6. The number of nitrogens with one attached hydrogen (secondary N) is 1. The van der Waals surface area contributed by atoms with Gasteiger partial charge >= 0.3 is 5.97 Å². The summed E-state index contributed by atoms with van der Waals surface area (Å²) < 4.78 is 4.64. The number of rotatable bonds is 10. The van der Waals surface area contributed by atoms with Gasteiger partial charge in [0, 0.05) is 29.7 Å². The minimum Gasteiger partial charge on any atom is -0.466 e. The van der Waals surface area contributed by atoms with Crippen molar-refractivity contribution in [3.05, 3.63) is 60.2 Å². The fraction of sp³-hybridized carbons (Fsp3) is 0.516. The molecule has 3 aliphatic rings. The number of thioether (sulfide) groups is 1. The maximum absolute atomic E-state index is 14.4. The van der Waals surface area contributed by atoms with E-state index in [2.05, 4.69) is 31.0 Å². The van der Waals surface area contributed by atoms with Crippen LogP contribution in [0.2, 0.25) is 0 Å². The van der Waals surface area contributed by atoms with E-state index in [0.29, 0.717) is 5.69 Å². The molecule has 0 radical (unpaired) electrons. The molecule has 0 saturated carbocycles. The summed E-state index contributed by atoms with van der Waals surface area (Å²) >= 11 is 1.60. The minimum absolute atomic E-state index is 0.0167. The van der Waals surface area contributed by atoms with Gasteiger partial charge in [-0.15, -0.1) is 11.8 Å². The van der Waals surface area contributed by atoms with Gasteiger partial charge in [0.15, 0.2) is 0 Å². The Kier molecular flexibility index (Phi) is 8.15. The van der Waals surface area contributed by atoms with Crippen molar-refractivity contribution >= 4 is 40.9 Å². The molecule has 9 heteroatoms. The van der Waals surface area contributed by atoms with E-state index < -0.39 is 28.7 Å². The summed E-state index contributed by atoms with van der Waals surface area (Å²) in [6.45, 7) is 9.69. The molecule has 0 aliphatic carbocycles. The Morgan fingerprint density at radius 1 is 1.12 bits per heavy atom. The zero-order chi connectivity index (χ0) is 28.6. The van der Waals surface area contributed by atoms with E-state index in [0.717, 1.165) is 30.8 Å². The second-order valence-corrected chi connectivity index (χ2v) is 12.4. The van der Waals surface area contributed by atoms with Crippen LogP contribution in [0.25, 0.3) is 0 Å². The summed E-state index contributed by atoms with van der Waals surface area (Å²) in [5, 5.41) is 13.6. The number of likely N-dealkylation sites (tertiary alicyclic amines) is 1. The predicted octanol–water partition coefficient (Wildman–Crippen LogP) is 4.11. The average Bonchev–Trinajstić information content (AvgIpc) is 3.55. The largest absolute Gasteiger partial charge is 0.466 e. The van der Waals surface area contributed by atoms with Crippen LogP contribution in [-0.2, 0) is 19.1 Å². The number of carbonyl (C=O) groups is 3. The van der Waals surface area contributed by atoms with E-state index in [1.807, 2.05) is 54.6 Å². The van der Waals surface area contributed by atoms with Gasteiger partial charge in [0.25, 0.3) is 0 Å². The standard InChI is InChI=1S/C31H39N3O5S/c1-5-33(6-2)22-15-13-21(14-16-22)32-28(36)27-31-19(4)17-24(40-31)25(30(38)39-7-3)26(31)29(37)34(27)23(18-35)20-11-9-8-10-12-20/h8-16,19,23-27,35H,5-7,17-18H2,1-4H3,(H,32,36)/t19?,23-,24-,25+,26+,27?,31?/m1/s1. The fourth-order valence-electron chi connectivity index (χ4n) is 7.19. The number of amides is 2. The molecule has 3 heterocycles. The van der Waals surface area contributed by atoms with Crippen LogP contribution in [0.3, 0.4) is 0 Å². The van der Waals surface area contributed by atoms with Crippen LogP contribution in [0, 0.1) is 17.8 Å². The summed E-state index contributed by atoms with van der Waals surface area (Å²) in [6.07, 6.45) is 0.725. The molecular formula is C31H39N3O5S. The Bertz CT molecular complexity index is 1240. The molecule has 7 atom stereocenters. The van der Waals surface area contributed by atoms with E-state index in [1.54, 1.807) is 23.6 Å². The second kappa shape index (κ2) is 11.4. The summed E-state index contributed by atoms with van der Waals surface area (Å²) in [6, 6.07) is 15.4. The van der Waals surface area contributed by atoms with Crippen LogP contribution < -0.4 is 10.2 Å². The number of anilines is 2. The molecule has 2 aromatic rings. The smallest absolute Gasteiger partial charge is 0.310 e. The van der Waals surface area contributed by atoms with E-state index in [9.17, 15) is 19.5 Å². The number of hydrogen-bond acceptors (Lipinski definition) is 7. The van der Waals surface area contributed by atoms with Crippen molar-refractivity contribution in [1.82, 2.24) is 4.90 Å². The van der Waals surface area contributed by atoms with Gasteiger partial charge in [0.05, 0.1) is 35.8 Å². The van der Waals surface area contributed by atoms with Gasteiger partial charge in [-0.05, 0) is 62.9 Å². The maximum atomic E-state index is 14.4. The van der Waals surface area contributed by atoms with Gasteiger partial charge in [-0.1, -0.05) is 37.3 Å². The molecule has 2 bridgehead atoms. The van der Waals surface area contributed by atoms with Crippen molar-refractivity contribution < 1.29 is 24.2 Å². The lowest BCUT2D eigenvalue weighted by atomic mass is 9.66. The molecule has 1 spiro atoms. The Morgan fingerprint density at radius 2 is 1.80 bits per heavy atom. The van der Waals surface area contributed by atoms with Crippen molar-refractivity contribution in [2.75, 3.05) is 36.5 Å². The summed E-state index contributed by atoms with van der Waals surface area (Å²) in [5.74, 6) is -2.23. The summed E-state index contributed by atoms with van der Waals surface area (Å²) in [7, 11) is 0. The number of fused-ring (bicyclic) bond motifs is 1. The number of carbonyl (C=O) groups excluding carboxylic acids is 3. The molecule has 5 rings (SSSR count). The molecule has 214 valence electrons. The molecule has 3 aliphatic heterocycles. The Labute approximate surface area is 240 Å². The monoisotopic (exact) mass is 565 g/mol. The highest BCUT2D eigenvalue weighted by atomic mass is 32.2. The second-order valence-electron chi connectivity index (χ2n) is 10.9. The predicted molar refractivity (Wildman–Crippen MR) is 157 cm³/mol. The minimum atomic E-state index is -0.866. The Hall–Kier alpha value is -3.04. The highest BCUT2D eigenvalue weighted by molar-refractivity contribution is 8.02. The molecule has 3 fully saturated rings. The van der Waals surface area contributed by atoms with Gasteiger partial charge < -0.3 is 25.0 Å². The number of aliphatic hydroxyl groups is 1. The van der Waals surface area contributed by atoms with Crippen LogP contribution in [-0.4, -0.2) is 70.1 Å². The SMILES string of the molecule is CCOC(=O)[C@@H]1[C@H]2C(=O)N([C@H](CO)c3ccccc3)C(C(=O)Nc3ccc(N(CC)CC)cc3)C23S[C@@H]1CC3C. The first-order valence-electron chi connectivity index (χ1n) is 14.3. The third kappa shape index (κ3) is 4.47. The number of hydrogen-bond donors (Lipinski definition) is 2. The van der Waals surface area contributed by atoms with Gasteiger partial charge in [0.1, 0.15) is 6.04 Å². The van der Waals surface area contributed by atoms with Gasteiger partial charge in [-0.3, -0.25) is 14.4 Å². The van der Waals surface area contributed by atoms with E-state index in [-0.39, 0.29) is 42.2 Å². The quantitative estimate of drug-likeness (QED) is 0.419. The van der Waals surface area contributed by atoms with Gasteiger partial charge in [-0.25, -0.2) is 0 Å². The number of ether oxygens (including phenoxy) is 1. The first-order chi connectivity index (χ1) is 19.3. The third-order valence-corrected chi connectivity index (χ3v) is 11.0. The lowest BCUT2D eigenvalue weighted by Crippen LogP contribution is -2.55. The number of aliphatic hydroxyl groups excluding tert-OH is 1. The highest BCUT2D eigenvalue weighted by Crippen LogP contribution is 2.69. The fourth-order valence-corrected chi connectivity index (χ4v) is 9.58. The van der Waals surface area contributed by atoms with Crippen molar-refractivity contribution in [2.45, 2.75) is 56.2 Å². The number of nitrogens with zero attached hydrogens (tertiary/aromatic N) is 2. The van der Waals surface area contributed by atoms with Crippen LogP contribution in [0.5, 0.6) is 0 Å². The van der Waals surface area contributed by atoms with E-state index in [4.69, 9.17) is 4.74 Å². The number of benzene rings is 2. The Balaban J connectivity index is 1.55. The van der Waals surface area contributed by atoms with Crippen molar-refractivity contribution in [3.8, 4) is 0 Å². The topological polar surface area (TPSA) is 99.2 Å². The number of esters is 1. The maximum Gasteiger partial charge on any atom is 0.310 e. The first-order valence-corrected chi connectivity index (χ1v) is 15.2. The zero-order valence-corrected chi connectivity index (χ0v) is 24.4. The van der Waals surface area contributed by atoms with Crippen molar-refractivity contribution in [2.24, 2.45) is 17.8 Å². The Morgan fingerprint density at radius 3 is 2.40 bits per heavy atom. The van der Waals surface area contributed by atoms with Crippen molar-refractivity contribution in [1.29, 1.82) is 0 Å². The molecule has 2 amide bonds. The molecule has 8 nitrogen and oxygen atoms in total. The lowest BCUT2D eigenvalue weighted by molar-refractivity contribution is -0.154. The zero-order valence-electron chi connectivity index (χ0n) is 23.6. The van der Waals surface area contributed by atoms with E-state index >= 15 is 0 Å².